The third kappa shape index (κ3) is 16.1. The van der Waals surface area contributed by atoms with Crippen molar-refractivity contribution in [3.63, 3.8) is 0 Å². The molecule has 12 amide bonds. The molecule has 0 aromatic heterocycles. The van der Waals surface area contributed by atoms with Gasteiger partial charge in [0.1, 0.15) is 0 Å². The van der Waals surface area contributed by atoms with Crippen LogP contribution in [0.5, 0.6) is 0 Å². The Labute approximate surface area is 450 Å². The van der Waals surface area contributed by atoms with Gasteiger partial charge in [-0.15, -0.1) is 0 Å². The van der Waals surface area contributed by atoms with Crippen LogP contribution in [0.15, 0.2) is 0 Å². The molecule has 24 nitrogen and oxygen atoms in total. The van der Waals surface area contributed by atoms with Gasteiger partial charge in [-0.3, -0.25) is 57.5 Å². The van der Waals surface area contributed by atoms with Gasteiger partial charge in [0.15, 0.2) is 36.9 Å². The monoisotopic (exact) mass is 1200 g/mol. The second kappa shape index (κ2) is 22.8. The summed E-state index contributed by atoms with van der Waals surface area (Å²) < 4.78 is 0. The first-order chi connectivity index (χ1) is 33.7. The van der Waals surface area contributed by atoms with E-state index in [0.717, 1.165) is 0 Å². The summed E-state index contributed by atoms with van der Waals surface area (Å²) in [4.78, 5) is 169. The smallest absolute Gasteiger partial charge is 0.242 e. The Morgan fingerprint density at radius 1 is 0.274 bits per heavy atom. The third-order valence-corrected chi connectivity index (χ3v) is 26.9. The lowest BCUT2D eigenvalue weighted by Crippen LogP contribution is -2.65. The maximum atomic E-state index is 13.5. The van der Waals surface area contributed by atoms with Crippen LogP contribution in [0.3, 0.4) is 0 Å². The second-order valence-corrected chi connectivity index (χ2v) is 52.1. The molecule has 0 bridgehead atoms. The fourth-order valence-corrected chi connectivity index (χ4v) is 25.4. The van der Waals surface area contributed by atoms with E-state index in [1.54, 1.807) is 32.7 Å². The Kier molecular flexibility index (Phi) is 18.2. The molecule has 0 aliphatic carbocycles. The molecule has 6 aliphatic rings. The number of hydrogen-bond donors (Lipinski definition) is 2. The Hall–Kier alpha value is -3.83. The van der Waals surface area contributed by atoms with Gasteiger partial charge < -0.3 is 59.6 Å². The average Bonchev–Trinajstić information content (AvgIpc) is 3.24. The van der Waals surface area contributed by atoms with E-state index >= 15 is 0 Å². The molecular weight excluding hydrogens is 1150 g/mol. The predicted molar refractivity (Wildman–Crippen MR) is 279 cm³/mol. The molecule has 2 N–H and O–H groups in total. The fraction of sp³-hybridized carbons (Fsp3) is 0.692. The Balaban J connectivity index is 0.929. The molecule has 6 saturated heterocycles. The first-order valence-corrected chi connectivity index (χ1v) is 43.1. The van der Waals surface area contributed by atoms with Crippen LogP contribution in [0, 0.1) is 0 Å². The van der Waals surface area contributed by atoms with E-state index in [9.17, 15) is 57.5 Å². The van der Waals surface area contributed by atoms with Crippen LogP contribution in [0.1, 0.15) is 0 Å². The van der Waals surface area contributed by atoms with Gasteiger partial charge >= 0.3 is 0 Å². The zero-order valence-electron chi connectivity index (χ0n) is 41.3. The van der Waals surface area contributed by atoms with Crippen LogP contribution in [0.4, 0.5) is 0 Å². The summed E-state index contributed by atoms with van der Waals surface area (Å²) in [5.41, 5.74) is 0. The van der Waals surface area contributed by atoms with Crippen molar-refractivity contribution in [1.82, 2.24) is 59.6 Å². The van der Waals surface area contributed by atoms with E-state index in [1.165, 1.54) is 49.0 Å². The minimum atomic E-state index is -3.05. The number of piperazine rings is 6. The van der Waals surface area contributed by atoms with Gasteiger partial charge in [-0.2, -0.15) is 55.4 Å². The summed E-state index contributed by atoms with van der Waals surface area (Å²) in [7, 11) is -14.8. The van der Waals surface area contributed by atoms with Crippen molar-refractivity contribution >= 4 is 163 Å². The average molecular weight is 1210 g/mol. The fourth-order valence-electron chi connectivity index (χ4n) is 9.69. The molecule has 34 heteroatoms. The predicted octanol–water partition coefficient (Wildman–Crippen LogP) is -3.95. The summed E-state index contributed by atoms with van der Waals surface area (Å²) in [6.45, 7) is 5.89. The molecule has 0 spiro atoms. The number of nitrogens with zero attached hydrogens (tertiary/aromatic N) is 10. The maximum absolute atomic E-state index is 13.5. The zero-order chi connectivity index (χ0) is 54.2. The first-order valence-electron chi connectivity index (χ1n) is 23.4. The van der Waals surface area contributed by atoms with Gasteiger partial charge in [0.2, 0.25) is 70.9 Å². The third-order valence-electron chi connectivity index (χ3n) is 12.9. The number of rotatable bonds is 20. The molecule has 6 aliphatic heterocycles. The van der Waals surface area contributed by atoms with Crippen molar-refractivity contribution in [2.45, 2.75) is 32.7 Å². The molecule has 6 heterocycles. The topological polar surface area (TPSA) is 261 Å². The Bertz CT molecular complexity index is 2190. The molecule has 0 saturated carbocycles. The van der Waals surface area contributed by atoms with E-state index in [-0.39, 0.29) is 187 Å². The van der Waals surface area contributed by atoms with Crippen LogP contribution in [0.25, 0.3) is 0 Å². The van der Waals surface area contributed by atoms with Crippen molar-refractivity contribution in [2.75, 3.05) is 140 Å². The van der Waals surface area contributed by atoms with E-state index in [2.05, 4.69) is 10.6 Å². The molecule has 404 valence electrons. The molecule has 0 aromatic carbocycles. The van der Waals surface area contributed by atoms with Crippen LogP contribution >= 0.6 is 55.4 Å². The Morgan fingerprint density at radius 2 is 0.411 bits per heavy atom. The van der Waals surface area contributed by atoms with Gasteiger partial charge in [0.25, 0.3) is 0 Å². The van der Waals surface area contributed by atoms with Crippen LogP contribution in [-0.4, -0.2) is 297 Å². The number of nitrogens with one attached hydrogen (secondary N) is 2. The highest BCUT2D eigenvalue weighted by Crippen LogP contribution is 2.25. The van der Waals surface area contributed by atoms with Gasteiger partial charge in [-0.25, -0.2) is 0 Å². The van der Waals surface area contributed by atoms with Crippen molar-refractivity contribution in [1.29, 1.82) is 0 Å². The van der Waals surface area contributed by atoms with Gasteiger partial charge in [0, 0.05) is 61.7 Å². The maximum Gasteiger partial charge on any atom is 0.242 e. The second-order valence-electron chi connectivity index (χ2n) is 21.1. The molecule has 0 radical (unpaired) electrons. The first kappa shape index (κ1) is 58.4. The van der Waals surface area contributed by atoms with Gasteiger partial charge in [0.05, 0.1) is 78.5 Å². The van der Waals surface area contributed by atoms with E-state index in [4.69, 9.17) is 55.4 Å². The molecule has 73 heavy (non-hydrogen) atoms. The summed E-state index contributed by atoms with van der Waals surface area (Å²) in [6, 6.07) is 0. The summed E-state index contributed by atoms with van der Waals surface area (Å²) >= 11 is 34.8. The van der Waals surface area contributed by atoms with Gasteiger partial charge in [-0.05, 0) is 0 Å². The highest BCUT2D eigenvalue weighted by atomic mass is 35.6. The number of halogens is 5. The standard InChI is InChI=1S/C39H61Cl5N12O12Si5/c1-69(40,18-47-8-28(57)45-6-30(47)59)20-49-10-34(63)51(12-32(49)61)22-71(3,42)24-53-14-38(67)55(16-36(53)65)26-73(5,44)27-56-17-37(66)54(15-39(56)68)25-72(4,43)23-52-13-33(62)50(11-35(52)64)21-70(2,41)19-48-9-29(58)46-7-31(48)60/h6-27H2,1-5H3,(H,45,57)(H,46,58). The van der Waals surface area contributed by atoms with Crippen molar-refractivity contribution < 1.29 is 57.5 Å². The minimum absolute atomic E-state index is 0.00513. The highest BCUT2D eigenvalue weighted by molar-refractivity contribution is 7.21. The number of carbonyl (C=O) groups excluding carboxylic acids is 12. The zero-order valence-corrected chi connectivity index (χ0v) is 50.1. The van der Waals surface area contributed by atoms with Crippen LogP contribution in [0.2, 0.25) is 32.7 Å². The molecule has 4 unspecified atom stereocenters. The summed E-state index contributed by atoms with van der Waals surface area (Å²) in [5.74, 6) is -4.24. The normalized spacial score (nSPS) is 24.2. The van der Waals surface area contributed by atoms with Crippen molar-refractivity contribution in [2.24, 2.45) is 0 Å². The highest BCUT2D eigenvalue weighted by Gasteiger charge is 2.47. The molecule has 6 fully saturated rings. The number of hydrogen-bond acceptors (Lipinski definition) is 12. The van der Waals surface area contributed by atoms with Crippen LogP contribution < -0.4 is 10.6 Å². The van der Waals surface area contributed by atoms with Crippen LogP contribution in [-0.2, 0) is 57.5 Å². The van der Waals surface area contributed by atoms with E-state index in [1.807, 2.05) is 0 Å². The lowest BCUT2D eigenvalue weighted by Gasteiger charge is -2.42. The minimum Gasteiger partial charge on any atom is -0.345 e. The van der Waals surface area contributed by atoms with Crippen molar-refractivity contribution in [3.8, 4) is 0 Å². The van der Waals surface area contributed by atoms with E-state index < -0.39 is 60.5 Å². The largest absolute Gasteiger partial charge is 0.345 e. The van der Waals surface area contributed by atoms with Gasteiger partial charge in [-0.1, -0.05) is 32.7 Å². The molecular formula is C39H61Cl5N12O12Si5. The molecule has 6 rings (SSSR count). The number of carbonyl (C=O) groups is 12. The lowest BCUT2D eigenvalue weighted by molar-refractivity contribution is -0.149. The number of amides is 12. The molecule has 4 atom stereocenters. The lowest BCUT2D eigenvalue weighted by atomic mass is 10.3. The van der Waals surface area contributed by atoms with Crippen molar-refractivity contribution in [3.05, 3.63) is 0 Å². The summed E-state index contributed by atoms with van der Waals surface area (Å²) in [5, 5.41) is 4.95. The summed E-state index contributed by atoms with van der Waals surface area (Å²) in [6.07, 6.45) is 0.434. The molecule has 0 aromatic rings. The Morgan fingerprint density at radius 3 is 0.562 bits per heavy atom. The SMILES string of the molecule is C[Si](Cl)(CN1CC(=O)NCC1=O)CN1CC(=O)N(C[Si](C)(Cl)CN2CC(=O)N(C[Si](C)(Cl)CN3CC(=O)N(C[Si](C)(Cl)CN4CC(=O)N(C[Si](C)(Cl)CN5CC(=O)NCC5=O)CC4=O)CC3=O)CC2=O)CC1=O. The van der Waals surface area contributed by atoms with E-state index in [0.29, 0.717) is 0 Å². The quantitative estimate of drug-likeness (QED) is 0.0875.